The Kier molecular flexibility index (Phi) is 6.07. The predicted molar refractivity (Wildman–Crippen MR) is 85.6 cm³/mol. The first kappa shape index (κ1) is 19.7. The summed E-state index contributed by atoms with van der Waals surface area (Å²) in [5.74, 6) is -0.915. The molecule has 140 valence electrons. The number of sulfonamides is 1. The Balaban J connectivity index is 2.01. The van der Waals surface area contributed by atoms with Gasteiger partial charge in [0.25, 0.3) is 5.91 Å². The van der Waals surface area contributed by atoms with Gasteiger partial charge in [0.05, 0.1) is 4.90 Å². The van der Waals surface area contributed by atoms with Crippen molar-refractivity contribution in [3.63, 3.8) is 0 Å². The topological polar surface area (TPSA) is 87.3 Å². The van der Waals surface area contributed by atoms with Gasteiger partial charge in [0.15, 0.2) is 0 Å². The smallest absolute Gasteiger partial charge is 0.343 e. The first-order valence-electron chi connectivity index (χ1n) is 7.77. The third-order valence-electron chi connectivity index (χ3n) is 3.82. The zero-order chi connectivity index (χ0) is 18.7. The van der Waals surface area contributed by atoms with Gasteiger partial charge in [-0.05, 0) is 50.6 Å². The lowest BCUT2D eigenvalue weighted by Crippen LogP contribution is -2.46. The molecule has 6 nitrogen and oxygen atoms in total. The van der Waals surface area contributed by atoms with E-state index in [2.05, 4.69) is 10.0 Å². The average molecular weight is 379 g/mol. The second-order valence-corrected chi connectivity index (χ2v) is 7.73. The van der Waals surface area contributed by atoms with Crippen molar-refractivity contribution in [3.05, 3.63) is 29.8 Å². The molecular weight excluding hydrogens is 359 g/mol. The number of halogens is 3. The summed E-state index contributed by atoms with van der Waals surface area (Å²) in [6.07, 6.45) is -3.17. The number of benzene rings is 1. The van der Waals surface area contributed by atoms with Crippen LogP contribution in [-0.4, -0.2) is 45.7 Å². The number of carbonyl (C=O) groups is 1. The highest BCUT2D eigenvalue weighted by atomic mass is 32.2. The van der Waals surface area contributed by atoms with Crippen LogP contribution in [0.5, 0.6) is 0 Å². The highest BCUT2D eigenvalue weighted by Gasteiger charge is 2.28. The van der Waals surface area contributed by atoms with E-state index in [4.69, 9.17) is 0 Å². The molecule has 10 heteroatoms. The van der Waals surface area contributed by atoms with E-state index < -0.39 is 28.7 Å². The fourth-order valence-corrected chi connectivity index (χ4v) is 3.88. The molecule has 1 saturated heterocycles. The van der Waals surface area contributed by atoms with Crippen molar-refractivity contribution in [2.24, 2.45) is 0 Å². The maximum Gasteiger partial charge on any atom is 0.405 e. The Morgan fingerprint density at radius 2 is 1.92 bits per heavy atom. The summed E-state index contributed by atoms with van der Waals surface area (Å²) in [5.41, 5.74) is -0.0429. The Morgan fingerprint density at radius 3 is 2.48 bits per heavy atom. The molecule has 1 fully saturated rings. The Labute approximate surface area is 144 Å². The van der Waals surface area contributed by atoms with Gasteiger partial charge >= 0.3 is 6.18 Å². The highest BCUT2D eigenvalue weighted by Crippen LogP contribution is 2.16. The lowest BCUT2D eigenvalue weighted by molar-refractivity contribution is -0.123. The third kappa shape index (κ3) is 5.98. The minimum atomic E-state index is -4.51. The molecule has 2 rings (SSSR count). The first-order chi connectivity index (χ1) is 11.6. The van der Waals surface area contributed by atoms with E-state index in [0.29, 0.717) is 19.4 Å². The van der Waals surface area contributed by atoms with Gasteiger partial charge in [-0.1, -0.05) is 0 Å². The number of hydrogen-bond donors (Lipinski definition) is 3. The zero-order valence-corrected chi connectivity index (χ0v) is 14.4. The molecule has 0 saturated carbocycles. The Bertz CT molecular complexity index is 705. The lowest BCUT2D eigenvalue weighted by Gasteiger charge is -2.28. The fraction of sp³-hybridized carbons (Fsp3) is 0.533. The highest BCUT2D eigenvalue weighted by molar-refractivity contribution is 7.89. The second kappa shape index (κ2) is 7.71. The molecular formula is C15H20F3N3O3S. The molecule has 1 heterocycles. The van der Waals surface area contributed by atoms with Crippen LogP contribution in [0.25, 0.3) is 0 Å². The normalized spacial score (nSPS) is 21.8. The molecule has 0 aromatic heterocycles. The molecule has 1 aliphatic heterocycles. The van der Waals surface area contributed by atoms with Gasteiger partial charge in [-0.2, -0.15) is 13.2 Å². The first-order valence-corrected chi connectivity index (χ1v) is 9.26. The van der Waals surface area contributed by atoms with E-state index >= 15 is 0 Å². The lowest BCUT2D eigenvalue weighted by atomic mass is 10.0. The van der Waals surface area contributed by atoms with Crippen LogP contribution in [0, 0.1) is 0 Å². The molecule has 0 bridgehead atoms. The minimum absolute atomic E-state index is 0.0361. The molecule has 0 spiro atoms. The van der Waals surface area contributed by atoms with E-state index in [0.717, 1.165) is 0 Å². The monoisotopic (exact) mass is 379 g/mol. The van der Waals surface area contributed by atoms with Gasteiger partial charge in [0.1, 0.15) is 6.54 Å². The molecule has 1 aromatic carbocycles. The summed E-state index contributed by atoms with van der Waals surface area (Å²) in [6, 6.07) is 4.80. The minimum Gasteiger partial charge on any atom is -0.343 e. The molecule has 3 N–H and O–H groups in total. The molecule has 1 amide bonds. The van der Waals surface area contributed by atoms with Gasteiger partial charge in [-0.25, -0.2) is 13.1 Å². The van der Waals surface area contributed by atoms with Crippen molar-refractivity contribution in [2.75, 3.05) is 13.1 Å². The van der Waals surface area contributed by atoms with Gasteiger partial charge in [0.2, 0.25) is 10.0 Å². The van der Waals surface area contributed by atoms with Gasteiger partial charge < -0.3 is 10.6 Å². The van der Waals surface area contributed by atoms with Crippen molar-refractivity contribution >= 4 is 15.9 Å². The van der Waals surface area contributed by atoms with E-state index in [1.807, 2.05) is 6.92 Å². The van der Waals surface area contributed by atoms with Gasteiger partial charge in [0, 0.05) is 17.6 Å². The number of rotatable bonds is 5. The predicted octanol–water partition coefficient (Wildman–Crippen LogP) is 1.40. The van der Waals surface area contributed by atoms with Crippen molar-refractivity contribution in [1.82, 2.24) is 15.4 Å². The summed E-state index contributed by atoms with van der Waals surface area (Å²) >= 11 is 0. The van der Waals surface area contributed by atoms with Crippen molar-refractivity contribution < 1.29 is 26.4 Å². The molecule has 1 aromatic rings. The summed E-state index contributed by atoms with van der Waals surface area (Å²) in [6.45, 7) is 1.24. The van der Waals surface area contributed by atoms with Gasteiger partial charge in [-0.15, -0.1) is 0 Å². The Morgan fingerprint density at radius 1 is 1.28 bits per heavy atom. The van der Waals surface area contributed by atoms with Crippen LogP contribution < -0.4 is 15.4 Å². The second-order valence-electron chi connectivity index (χ2n) is 6.02. The molecule has 2 unspecified atom stereocenters. The van der Waals surface area contributed by atoms with Crippen LogP contribution in [0.3, 0.4) is 0 Å². The maximum absolute atomic E-state index is 12.4. The number of piperidine rings is 1. The van der Waals surface area contributed by atoms with E-state index in [1.165, 1.54) is 24.3 Å². The maximum atomic E-state index is 12.4. The van der Waals surface area contributed by atoms with Crippen molar-refractivity contribution in [2.45, 2.75) is 42.9 Å². The SMILES string of the molecule is CC1CC(NS(=O)(=O)c2ccc(C(=O)NCC(F)(F)F)cc2)CCN1. The van der Waals surface area contributed by atoms with Gasteiger partial charge in [-0.3, -0.25) is 4.79 Å². The average Bonchev–Trinajstić information content (AvgIpc) is 2.51. The van der Waals surface area contributed by atoms with Crippen molar-refractivity contribution in [3.8, 4) is 0 Å². The number of hydrogen-bond acceptors (Lipinski definition) is 4. The summed E-state index contributed by atoms with van der Waals surface area (Å²) in [7, 11) is -3.75. The van der Waals surface area contributed by atoms with E-state index in [-0.39, 0.29) is 22.5 Å². The van der Waals surface area contributed by atoms with Crippen LogP contribution in [0.1, 0.15) is 30.1 Å². The summed E-state index contributed by atoms with van der Waals surface area (Å²) in [5, 5.41) is 4.95. The fourth-order valence-electron chi connectivity index (χ4n) is 2.59. The molecule has 25 heavy (non-hydrogen) atoms. The molecule has 1 aliphatic rings. The van der Waals surface area contributed by atoms with E-state index in [1.54, 1.807) is 5.32 Å². The van der Waals surface area contributed by atoms with E-state index in [9.17, 15) is 26.4 Å². The largest absolute Gasteiger partial charge is 0.405 e. The number of carbonyl (C=O) groups excluding carboxylic acids is 1. The molecule has 0 aliphatic carbocycles. The standard InChI is InChI=1S/C15H20F3N3O3S/c1-10-8-12(6-7-19-10)21-25(23,24)13-4-2-11(3-5-13)14(22)20-9-15(16,17)18/h2-5,10,12,19,21H,6-9H2,1H3,(H,20,22). The van der Waals surface area contributed by atoms with Crippen LogP contribution in [0.15, 0.2) is 29.2 Å². The number of alkyl halides is 3. The zero-order valence-electron chi connectivity index (χ0n) is 13.6. The molecule has 2 atom stereocenters. The van der Waals surface area contributed by atoms with Crippen LogP contribution in [0.4, 0.5) is 13.2 Å². The molecule has 0 radical (unpaired) electrons. The number of nitrogens with one attached hydrogen (secondary N) is 3. The number of amides is 1. The van der Waals surface area contributed by atoms with Crippen LogP contribution in [-0.2, 0) is 10.0 Å². The summed E-state index contributed by atoms with van der Waals surface area (Å²) in [4.78, 5) is 11.6. The van der Waals surface area contributed by atoms with Crippen LogP contribution in [0.2, 0.25) is 0 Å². The summed E-state index contributed by atoms with van der Waals surface area (Å²) < 4.78 is 63.6. The third-order valence-corrected chi connectivity index (χ3v) is 5.36. The Hall–Kier alpha value is -1.65. The van der Waals surface area contributed by atoms with Crippen LogP contribution >= 0.6 is 0 Å². The van der Waals surface area contributed by atoms with Crippen molar-refractivity contribution in [1.29, 1.82) is 0 Å². The quantitative estimate of drug-likeness (QED) is 0.722.